The van der Waals surface area contributed by atoms with Crippen molar-refractivity contribution in [3.05, 3.63) is 23.7 Å². The van der Waals surface area contributed by atoms with Gasteiger partial charge in [0.15, 0.2) is 0 Å². The van der Waals surface area contributed by atoms with Gasteiger partial charge in [-0.3, -0.25) is 9.59 Å². The molecule has 1 unspecified atom stereocenters. The van der Waals surface area contributed by atoms with Crippen LogP contribution in [0, 0.1) is 6.92 Å². The number of carbonyl (C=O) groups excluding carboxylic acids is 1. The van der Waals surface area contributed by atoms with Gasteiger partial charge < -0.3 is 14.4 Å². The quantitative estimate of drug-likeness (QED) is 0.814. The first-order valence-corrected chi connectivity index (χ1v) is 8.15. The molecule has 1 N–H and O–H groups in total. The molecule has 122 valence electrons. The molecule has 0 bridgehead atoms. The summed E-state index contributed by atoms with van der Waals surface area (Å²) in [6.07, 6.45) is 5.94. The second-order valence-electron chi connectivity index (χ2n) is 6.00. The molecule has 1 amide bonds. The SMILES string of the molecule is Cc1ccc(C2CCCCCN2C(=O)CCCCC(=O)O)o1. The summed E-state index contributed by atoms with van der Waals surface area (Å²) in [4.78, 5) is 25.0. The number of aliphatic carboxylic acids is 1. The number of furan rings is 1. The van der Waals surface area contributed by atoms with E-state index < -0.39 is 5.97 Å². The Morgan fingerprint density at radius 3 is 2.68 bits per heavy atom. The Bertz CT molecular complexity index is 509. The van der Waals surface area contributed by atoms with Crippen molar-refractivity contribution in [1.29, 1.82) is 0 Å². The van der Waals surface area contributed by atoms with Gasteiger partial charge in [-0.05, 0) is 44.7 Å². The van der Waals surface area contributed by atoms with Gasteiger partial charge >= 0.3 is 5.97 Å². The third-order valence-corrected chi connectivity index (χ3v) is 4.19. The van der Waals surface area contributed by atoms with Crippen molar-refractivity contribution < 1.29 is 19.1 Å². The van der Waals surface area contributed by atoms with E-state index in [0.29, 0.717) is 19.3 Å². The molecule has 1 atom stereocenters. The maximum atomic E-state index is 12.5. The molecule has 1 aliphatic heterocycles. The van der Waals surface area contributed by atoms with Gasteiger partial charge in [-0.15, -0.1) is 0 Å². The minimum atomic E-state index is -0.800. The normalized spacial score (nSPS) is 19.0. The number of rotatable bonds is 6. The Labute approximate surface area is 131 Å². The standard InChI is InChI=1S/C17H25NO4/c1-13-10-11-15(22-13)14-7-3-2-6-12-18(14)16(19)8-4-5-9-17(20)21/h10-11,14H,2-9,12H2,1H3,(H,20,21). The summed E-state index contributed by atoms with van der Waals surface area (Å²) in [5.41, 5.74) is 0. The first-order valence-electron chi connectivity index (χ1n) is 8.15. The molecule has 5 nitrogen and oxygen atoms in total. The van der Waals surface area contributed by atoms with Crippen LogP contribution in [0.3, 0.4) is 0 Å². The highest BCUT2D eigenvalue weighted by Crippen LogP contribution is 2.31. The number of carboxylic acid groups (broad SMARTS) is 1. The van der Waals surface area contributed by atoms with E-state index in [0.717, 1.165) is 43.7 Å². The molecule has 1 aromatic heterocycles. The van der Waals surface area contributed by atoms with Crippen LogP contribution in [0.2, 0.25) is 0 Å². The number of carboxylic acids is 1. The van der Waals surface area contributed by atoms with Crippen LogP contribution in [0.5, 0.6) is 0 Å². The Morgan fingerprint density at radius 2 is 2.00 bits per heavy atom. The van der Waals surface area contributed by atoms with Crippen molar-refractivity contribution in [3.63, 3.8) is 0 Å². The molecule has 1 fully saturated rings. The van der Waals surface area contributed by atoms with Crippen molar-refractivity contribution in [2.75, 3.05) is 6.54 Å². The van der Waals surface area contributed by atoms with Crippen LogP contribution < -0.4 is 0 Å². The average molecular weight is 307 g/mol. The second-order valence-corrected chi connectivity index (χ2v) is 6.00. The fourth-order valence-electron chi connectivity index (χ4n) is 3.03. The first-order chi connectivity index (χ1) is 10.6. The summed E-state index contributed by atoms with van der Waals surface area (Å²) in [7, 11) is 0. The Kier molecular flexibility index (Phi) is 6.04. The predicted octanol–water partition coefficient (Wildman–Crippen LogP) is 3.68. The van der Waals surface area contributed by atoms with Crippen LogP contribution in [0.25, 0.3) is 0 Å². The molecule has 0 aliphatic carbocycles. The van der Waals surface area contributed by atoms with Crippen LogP contribution in [0.15, 0.2) is 16.5 Å². The fourth-order valence-corrected chi connectivity index (χ4v) is 3.03. The molecule has 0 spiro atoms. The Balaban J connectivity index is 1.97. The summed E-state index contributed by atoms with van der Waals surface area (Å²) in [5, 5.41) is 8.65. The molecule has 5 heteroatoms. The second kappa shape index (κ2) is 8.01. The molecule has 1 aliphatic rings. The molecule has 1 aromatic rings. The number of unbranched alkanes of at least 4 members (excludes halogenated alkanes) is 1. The number of hydrogen-bond acceptors (Lipinski definition) is 3. The van der Waals surface area contributed by atoms with Crippen LogP contribution in [-0.2, 0) is 9.59 Å². The highest BCUT2D eigenvalue weighted by Gasteiger charge is 2.28. The highest BCUT2D eigenvalue weighted by atomic mass is 16.4. The van der Waals surface area contributed by atoms with E-state index in [2.05, 4.69) is 0 Å². The average Bonchev–Trinajstić information content (AvgIpc) is 2.75. The molecular weight excluding hydrogens is 282 g/mol. The summed E-state index contributed by atoms with van der Waals surface area (Å²) in [5.74, 6) is 1.06. The van der Waals surface area contributed by atoms with Crippen LogP contribution in [-0.4, -0.2) is 28.4 Å². The zero-order chi connectivity index (χ0) is 15.9. The number of hydrogen-bond donors (Lipinski definition) is 1. The van der Waals surface area contributed by atoms with Gasteiger partial charge in [-0.2, -0.15) is 0 Å². The lowest BCUT2D eigenvalue weighted by molar-refractivity contribution is -0.138. The van der Waals surface area contributed by atoms with Crippen molar-refractivity contribution in [2.24, 2.45) is 0 Å². The van der Waals surface area contributed by atoms with Gasteiger partial charge in [0.05, 0.1) is 6.04 Å². The van der Waals surface area contributed by atoms with Crippen molar-refractivity contribution in [2.45, 2.75) is 64.3 Å². The zero-order valence-corrected chi connectivity index (χ0v) is 13.2. The van der Waals surface area contributed by atoms with Crippen molar-refractivity contribution in [3.8, 4) is 0 Å². The van der Waals surface area contributed by atoms with Gasteiger partial charge in [-0.1, -0.05) is 12.8 Å². The zero-order valence-electron chi connectivity index (χ0n) is 13.2. The van der Waals surface area contributed by atoms with Gasteiger partial charge in [0.25, 0.3) is 0 Å². The Hall–Kier alpha value is -1.78. The van der Waals surface area contributed by atoms with Crippen LogP contribution in [0.4, 0.5) is 0 Å². The summed E-state index contributed by atoms with van der Waals surface area (Å²) < 4.78 is 5.74. The topological polar surface area (TPSA) is 70.8 Å². The van der Waals surface area contributed by atoms with E-state index in [4.69, 9.17) is 9.52 Å². The maximum Gasteiger partial charge on any atom is 0.303 e. The monoisotopic (exact) mass is 307 g/mol. The molecule has 1 saturated heterocycles. The molecular formula is C17H25NO4. The van der Waals surface area contributed by atoms with E-state index >= 15 is 0 Å². The molecule has 2 rings (SSSR count). The number of aryl methyl sites for hydroxylation is 1. The summed E-state index contributed by atoms with van der Waals surface area (Å²) in [6, 6.07) is 3.94. The van der Waals surface area contributed by atoms with Gasteiger partial charge in [0.1, 0.15) is 11.5 Å². The van der Waals surface area contributed by atoms with E-state index in [-0.39, 0.29) is 18.4 Å². The third-order valence-electron chi connectivity index (χ3n) is 4.19. The van der Waals surface area contributed by atoms with E-state index in [1.54, 1.807) is 0 Å². The largest absolute Gasteiger partial charge is 0.481 e. The first kappa shape index (κ1) is 16.6. The third kappa shape index (κ3) is 4.61. The van der Waals surface area contributed by atoms with E-state index in [9.17, 15) is 9.59 Å². The number of likely N-dealkylation sites (tertiary alicyclic amines) is 1. The lowest BCUT2D eigenvalue weighted by atomic mass is 10.1. The minimum absolute atomic E-state index is 0.0307. The van der Waals surface area contributed by atoms with Gasteiger partial charge in [0, 0.05) is 19.4 Å². The van der Waals surface area contributed by atoms with Crippen LogP contribution >= 0.6 is 0 Å². The molecule has 0 aromatic carbocycles. The summed E-state index contributed by atoms with van der Waals surface area (Å²) in [6.45, 7) is 2.68. The van der Waals surface area contributed by atoms with Crippen molar-refractivity contribution in [1.82, 2.24) is 4.90 Å². The molecule has 22 heavy (non-hydrogen) atoms. The summed E-state index contributed by atoms with van der Waals surface area (Å²) >= 11 is 0. The lowest BCUT2D eigenvalue weighted by Gasteiger charge is -2.28. The highest BCUT2D eigenvalue weighted by molar-refractivity contribution is 5.76. The number of nitrogens with zero attached hydrogens (tertiary/aromatic N) is 1. The Morgan fingerprint density at radius 1 is 1.23 bits per heavy atom. The van der Waals surface area contributed by atoms with E-state index in [1.807, 2.05) is 24.0 Å². The van der Waals surface area contributed by atoms with Crippen molar-refractivity contribution >= 4 is 11.9 Å². The minimum Gasteiger partial charge on any atom is -0.481 e. The van der Waals surface area contributed by atoms with E-state index in [1.165, 1.54) is 0 Å². The molecule has 2 heterocycles. The lowest BCUT2D eigenvalue weighted by Crippen LogP contribution is -2.34. The van der Waals surface area contributed by atoms with Gasteiger partial charge in [-0.25, -0.2) is 0 Å². The molecule has 0 saturated carbocycles. The predicted molar refractivity (Wildman–Crippen MR) is 82.5 cm³/mol. The number of carbonyl (C=O) groups is 2. The molecule has 0 radical (unpaired) electrons. The van der Waals surface area contributed by atoms with Crippen LogP contribution in [0.1, 0.15) is 68.9 Å². The maximum absolute atomic E-state index is 12.5. The number of amides is 1. The fraction of sp³-hybridized carbons (Fsp3) is 0.647. The van der Waals surface area contributed by atoms with Gasteiger partial charge in [0.2, 0.25) is 5.91 Å². The smallest absolute Gasteiger partial charge is 0.303 e.